The minimum absolute atomic E-state index is 0.370. The van der Waals surface area contributed by atoms with Gasteiger partial charge in [0.05, 0.1) is 0 Å². The van der Waals surface area contributed by atoms with E-state index in [-0.39, 0.29) is 0 Å². The number of aryl methyl sites for hydroxylation is 1. The number of nitrogens with zero attached hydrogens (tertiary/aromatic N) is 3. The van der Waals surface area contributed by atoms with E-state index in [1.165, 1.54) is 0 Å². The van der Waals surface area contributed by atoms with Crippen molar-refractivity contribution in [1.29, 1.82) is 0 Å². The Morgan fingerprint density at radius 3 is 3.07 bits per heavy atom. The third kappa shape index (κ3) is 2.40. The van der Waals surface area contributed by atoms with Crippen LogP contribution in [0.25, 0.3) is 0 Å². The smallest absolute Gasteiger partial charge is 0.186 e. The summed E-state index contributed by atoms with van der Waals surface area (Å²) < 4.78 is 1.76. The first-order chi connectivity index (χ1) is 7.16. The molecule has 1 aromatic rings. The summed E-state index contributed by atoms with van der Waals surface area (Å²) in [6, 6.07) is 0. The molecule has 15 heavy (non-hydrogen) atoms. The zero-order chi connectivity index (χ0) is 10.8. The quantitative estimate of drug-likeness (QED) is 0.768. The number of carbonyl (C=O) groups excluding carboxylic acids is 1. The summed E-state index contributed by atoms with van der Waals surface area (Å²) >= 11 is 1.68. The van der Waals surface area contributed by atoms with Crippen LogP contribution in [0, 0.1) is 5.92 Å². The predicted octanol–water partition coefficient (Wildman–Crippen LogP) is 1.66. The lowest BCUT2D eigenvalue weighted by Gasteiger charge is -2.26. The highest BCUT2D eigenvalue weighted by Crippen LogP contribution is 2.34. The van der Waals surface area contributed by atoms with E-state index < -0.39 is 0 Å². The van der Waals surface area contributed by atoms with Gasteiger partial charge in [-0.3, -0.25) is 4.79 Å². The van der Waals surface area contributed by atoms with Crippen molar-refractivity contribution in [2.24, 2.45) is 13.0 Å². The highest BCUT2D eigenvalue weighted by atomic mass is 32.2. The number of aromatic nitrogens is 3. The average Bonchev–Trinajstić information content (AvgIpc) is 2.58. The van der Waals surface area contributed by atoms with Gasteiger partial charge in [-0.1, -0.05) is 18.7 Å². The van der Waals surface area contributed by atoms with Gasteiger partial charge < -0.3 is 0 Å². The van der Waals surface area contributed by atoms with Gasteiger partial charge in [0.15, 0.2) is 5.16 Å². The molecule has 1 aromatic heterocycles. The Hall–Kier alpha value is -0.840. The lowest BCUT2D eigenvalue weighted by molar-refractivity contribution is -0.120. The molecule has 0 N–H and O–H groups in total. The summed E-state index contributed by atoms with van der Waals surface area (Å²) in [6.45, 7) is 2.21. The van der Waals surface area contributed by atoms with Gasteiger partial charge in [0.25, 0.3) is 0 Å². The fourth-order valence-electron chi connectivity index (χ4n) is 1.79. The van der Waals surface area contributed by atoms with E-state index in [0.29, 0.717) is 23.4 Å². The second-order valence-electron chi connectivity index (χ2n) is 4.08. The topological polar surface area (TPSA) is 47.8 Å². The lowest BCUT2D eigenvalue weighted by atomic mass is 9.89. The second kappa shape index (κ2) is 4.35. The average molecular weight is 225 g/mol. The third-order valence-corrected chi connectivity index (χ3v) is 4.38. The molecule has 0 saturated heterocycles. The Morgan fingerprint density at radius 2 is 2.40 bits per heavy atom. The van der Waals surface area contributed by atoms with Crippen LogP contribution in [0.15, 0.2) is 11.5 Å². The molecule has 2 atom stereocenters. The Labute approximate surface area is 93.5 Å². The summed E-state index contributed by atoms with van der Waals surface area (Å²) in [5, 5.41) is 5.30. The Kier molecular flexibility index (Phi) is 3.09. The monoisotopic (exact) mass is 225 g/mol. The van der Waals surface area contributed by atoms with Crippen molar-refractivity contribution in [2.45, 2.75) is 36.6 Å². The second-order valence-corrected chi connectivity index (χ2v) is 5.29. The first-order valence-electron chi connectivity index (χ1n) is 5.19. The molecule has 1 aliphatic carbocycles. The minimum atomic E-state index is 0.370. The number of ketones is 1. The van der Waals surface area contributed by atoms with Gasteiger partial charge in [-0.15, -0.1) is 0 Å². The van der Waals surface area contributed by atoms with Crippen molar-refractivity contribution >= 4 is 17.5 Å². The third-order valence-electron chi connectivity index (χ3n) is 2.87. The molecule has 0 spiro atoms. The van der Waals surface area contributed by atoms with E-state index in [9.17, 15) is 4.79 Å². The van der Waals surface area contributed by atoms with Crippen LogP contribution in [-0.4, -0.2) is 25.8 Å². The van der Waals surface area contributed by atoms with Crippen molar-refractivity contribution in [3.05, 3.63) is 6.33 Å². The Bertz CT molecular complexity index is 363. The standard InChI is InChI=1S/C10H15N3OS/c1-7-3-4-8(14)5-9(7)15-10-11-6-12-13(10)2/h6-7,9H,3-5H2,1-2H3. The van der Waals surface area contributed by atoms with Crippen LogP contribution in [0.2, 0.25) is 0 Å². The van der Waals surface area contributed by atoms with Gasteiger partial charge in [-0.25, -0.2) is 9.67 Å². The zero-order valence-corrected chi connectivity index (χ0v) is 9.83. The molecule has 4 nitrogen and oxygen atoms in total. The molecule has 2 rings (SSSR count). The molecule has 0 amide bonds. The Morgan fingerprint density at radius 1 is 1.60 bits per heavy atom. The van der Waals surface area contributed by atoms with E-state index in [2.05, 4.69) is 17.0 Å². The van der Waals surface area contributed by atoms with Crippen LogP contribution in [-0.2, 0) is 11.8 Å². The van der Waals surface area contributed by atoms with Crippen molar-refractivity contribution in [2.75, 3.05) is 0 Å². The fraction of sp³-hybridized carbons (Fsp3) is 0.700. The molecule has 1 aliphatic rings. The number of hydrogen-bond donors (Lipinski definition) is 0. The normalized spacial score (nSPS) is 26.9. The number of Topliss-reactive ketones (excluding diaryl/α,β-unsaturated/α-hetero) is 1. The summed E-state index contributed by atoms with van der Waals surface area (Å²) in [5.74, 6) is 0.970. The van der Waals surface area contributed by atoms with Crippen molar-refractivity contribution in [3.8, 4) is 0 Å². The molecule has 5 heteroatoms. The maximum Gasteiger partial charge on any atom is 0.186 e. The molecular formula is C10H15N3OS. The molecule has 1 saturated carbocycles. The minimum Gasteiger partial charge on any atom is -0.300 e. The Balaban J connectivity index is 2.04. The number of hydrogen-bond acceptors (Lipinski definition) is 4. The number of thioether (sulfide) groups is 1. The largest absolute Gasteiger partial charge is 0.300 e. The summed E-state index contributed by atoms with van der Waals surface area (Å²) in [6.07, 6.45) is 3.99. The predicted molar refractivity (Wildman–Crippen MR) is 58.7 cm³/mol. The molecule has 0 bridgehead atoms. The van der Waals surface area contributed by atoms with Gasteiger partial charge in [-0.05, 0) is 12.3 Å². The summed E-state index contributed by atoms with van der Waals surface area (Å²) in [7, 11) is 1.88. The van der Waals surface area contributed by atoms with Crippen molar-refractivity contribution < 1.29 is 4.79 Å². The number of carbonyl (C=O) groups is 1. The molecule has 0 radical (unpaired) electrons. The maximum absolute atomic E-state index is 11.4. The van der Waals surface area contributed by atoms with Crippen molar-refractivity contribution in [1.82, 2.24) is 14.8 Å². The fourth-order valence-corrected chi connectivity index (χ4v) is 3.00. The van der Waals surface area contributed by atoms with E-state index >= 15 is 0 Å². The molecule has 82 valence electrons. The van der Waals surface area contributed by atoms with Crippen LogP contribution in [0.1, 0.15) is 26.2 Å². The van der Waals surface area contributed by atoms with Gasteiger partial charge in [0, 0.05) is 25.1 Å². The van der Waals surface area contributed by atoms with Gasteiger partial charge in [0.1, 0.15) is 12.1 Å². The highest BCUT2D eigenvalue weighted by Gasteiger charge is 2.28. The van der Waals surface area contributed by atoms with Crippen LogP contribution >= 0.6 is 11.8 Å². The van der Waals surface area contributed by atoms with Crippen LogP contribution < -0.4 is 0 Å². The molecule has 0 aromatic carbocycles. The molecular weight excluding hydrogens is 210 g/mol. The van der Waals surface area contributed by atoms with Gasteiger partial charge in [0.2, 0.25) is 0 Å². The molecule has 2 unspecified atom stereocenters. The van der Waals surface area contributed by atoms with Crippen LogP contribution in [0.4, 0.5) is 0 Å². The zero-order valence-electron chi connectivity index (χ0n) is 9.01. The lowest BCUT2D eigenvalue weighted by Crippen LogP contribution is -2.25. The van der Waals surface area contributed by atoms with Gasteiger partial charge >= 0.3 is 0 Å². The van der Waals surface area contributed by atoms with E-state index in [1.807, 2.05) is 7.05 Å². The first kappa shape index (κ1) is 10.7. The SMILES string of the molecule is CC1CCC(=O)CC1Sc1ncnn1C. The molecule has 0 aliphatic heterocycles. The highest BCUT2D eigenvalue weighted by molar-refractivity contribution is 7.99. The first-order valence-corrected chi connectivity index (χ1v) is 6.07. The van der Waals surface area contributed by atoms with Crippen molar-refractivity contribution in [3.63, 3.8) is 0 Å². The maximum atomic E-state index is 11.4. The van der Waals surface area contributed by atoms with Gasteiger partial charge in [-0.2, -0.15) is 5.10 Å². The van der Waals surface area contributed by atoms with Crippen LogP contribution in [0.3, 0.4) is 0 Å². The van der Waals surface area contributed by atoms with Crippen LogP contribution in [0.5, 0.6) is 0 Å². The summed E-state index contributed by atoms with van der Waals surface area (Å²) in [4.78, 5) is 15.5. The summed E-state index contributed by atoms with van der Waals surface area (Å²) in [5.41, 5.74) is 0. The van der Waals surface area contributed by atoms with E-state index in [0.717, 1.165) is 18.0 Å². The van der Waals surface area contributed by atoms with E-state index in [1.54, 1.807) is 22.8 Å². The molecule has 1 fully saturated rings. The van der Waals surface area contributed by atoms with E-state index in [4.69, 9.17) is 0 Å². The number of rotatable bonds is 2. The molecule has 1 heterocycles.